The minimum atomic E-state index is 0.112. The normalized spacial score (nSPS) is 33.4. The molecule has 1 aliphatic heterocycles. The highest BCUT2D eigenvalue weighted by Gasteiger charge is 2.48. The number of fused-ring (bicyclic) bond motifs is 1. The lowest BCUT2D eigenvalue weighted by molar-refractivity contribution is -0.0346. The summed E-state index contributed by atoms with van der Waals surface area (Å²) in [6.07, 6.45) is 8.75. The molecule has 4 aliphatic carbocycles. The van der Waals surface area contributed by atoms with Crippen LogP contribution in [-0.2, 0) is 0 Å². The number of rotatable bonds is 3. The number of nitrogens with one attached hydrogen (secondary N) is 1. The maximum absolute atomic E-state index is 12.8. The Kier molecular flexibility index (Phi) is 4.13. The lowest BCUT2D eigenvalue weighted by Crippen LogP contribution is -2.54. The van der Waals surface area contributed by atoms with Gasteiger partial charge in [0.1, 0.15) is 12.1 Å². The fraction of sp³-hybridized carbons (Fsp3) is 0.714. The van der Waals surface area contributed by atoms with Gasteiger partial charge in [0.15, 0.2) is 5.65 Å². The summed E-state index contributed by atoms with van der Waals surface area (Å²) in [7, 11) is 0. The molecule has 0 atom stereocenters. The van der Waals surface area contributed by atoms with Gasteiger partial charge in [-0.05, 0) is 73.8 Å². The van der Waals surface area contributed by atoms with Crippen molar-refractivity contribution in [2.24, 2.45) is 29.6 Å². The molecule has 5 fully saturated rings. The number of aromatic nitrogens is 4. The zero-order valence-corrected chi connectivity index (χ0v) is 16.8. The Morgan fingerprint density at radius 2 is 1.72 bits per heavy atom. The molecule has 2 amide bonds. The van der Waals surface area contributed by atoms with Crippen molar-refractivity contribution in [2.45, 2.75) is 32.1 Å². The van der Waals surface area contributed by atoms with E-state index in [1.165, 1.54) is 32.1 Å². The van der Waals surface area contributed by atoms with Crippen molar-refractivity contribution < 1.29 is 4.79 Å². The lowest BCUT2D eigenvalue weighted by Gasteiger charge is -2.54. The molecular weight excluding hydrogens is 366 g/mol. The average molecular weight is 396 g/mol. The minimum Gasteiger partial charge on any atom is -0.352 e. The van der Waals surface area contributed by atoms with Crippen LogP contribution in [0.1, 0.15) is 32.1 Å². The van der Waals surface area contributed by atoms with Gasteiger partial charge in [-0.1, -0.05) is 0 Å². The van der Waals surface area contributed by atoms with Crippen LogP contribution in [0.3, 0.4) is 0 Å². The maximum Gasteiger partial charge on any atom is 0.317 e. The molecule has 2 aromatic heterocycles. The Labute approximate surface area is 170 Å². The maximum atomic E-state index is 12.8. The van der Waals surface area contributed by atoms with Gasteiger partial charge in [-0.15, -0.1) is 15.3 Å². The van der Waals surface area contributed by atoms with Crippen molar-refractivity contribution in [3.05, 3.63) is 18.5 Å². The first-order valence-corrected chi connectivity index (χ1v) is 11.2. The van der Waals surface area contributed by atoms with Crippen LogP contribution in [0.5, 0.6) is 0 Å². The molecule has 3 heterocycles. The fourth-order valence-corrected chi connectivity index (χ4v) is 6.71. The summed E-state index contributed by atoms with van der Waals surface area (Å²) in [5.74, 6) is 5.33. The van der Waals surface area contributed by atoms with Gasteiger partial charge in [-0.25, -0.2) is 4.79 Å². The van der Waals surface area contributed by atoms with Crippen molar-refractivity contribution >= 4 is 17.5 Å². The standard InChI is InChI=1S/C21H29N7O/c29-21(22-12-18-16-8-14-7-15(10-16)11-17(18)9-14)27-5-3-26(4-6-27)20-2-1-19-24-23-13-28(19)25-20/h1-2,13-18H,3-12H2,(H,22,29). The Bertz CT molecular complexity index is 875. The van der Waals surface area contributed by atoms with E-state index in [1.807, 2.05) is 17.0 Å². The number of carbonyl (C=O) groups excluding carboxylic acids is 1. The van der Waals surface area contributed by atoms with Crippen LogP contribution in [0, 0.1) is 29.6 Å². The van der Waals surface area contributed by atoms with E-state index in [1.54, 1.807) is 10.8 Å². The van der Waals surface area contributed by atoms with Crippen LogP contribution in [-0.4, -0.2) is 63.5 Å². The van der Waals surface area contributed by atoms with E-state index in [0.717, 1.165) is 67.9 Å². The zero-order valence-electron chi connectivity index (χ0n) is 16.8. The smallest absolute Gasteiger partial charge is 0.317 e. The monoisotopic (exact) mass is 395 g/mol. The first-order chi connectivity index (χ1) is 14.2. The van der Waals surface area contributed by atoms with Gasteiger partial charge in [0.05, 0.1) is 0 Å². The average Bonchev–Trinajstić information content (AvgIpc) is 3.20. The molecule has 29 heavy (non-hydrogen) atoms. The van der Waals surface area contributed by atoms with E-state index in [-0.39, 0.29) is 6.03 Å². The van der Waals surface area contributed by atoms with E-state index in [4.69, 9.17) is 0 Å². The number of hydrogen-bond acceptors (Lipinski definition) is 5. The van der Waals surface area contributed by atoms with Gasteiger partial charge >= 0.3 is 6.03 Å². The number of nitrogens with zero attached hydrogens (tertiary/aromatic N) is 6. The summed E-state index contributed by atoms with van der Waals surface area (Å²) in [5, 5.41) is 15.7. The van der Waals surface area contributed by atoms with Crippen molar-refractivity contribution in [3.8, 4) is 0 Å². The topological polar surface area (TPSA) is 78.7 Å². The van der Waals surface area contributed by atoms with Gasteiger partial charge in [-0.3, -0.25) is 0 Å². The molecule has 1 saturated heterocycles. The number of anilines is 1. The van der Waals surface area contributed by atoms with Gasteiger partial charge in [-0.2, -0.15) is 4.52 Å². The third-order valence-corrected chi connectivity index (χ3v) is 7.95. The van der Waals surface area contributed by atoms with Gasteiger partial charge < -0.3 is 15.1 Å². The molecule has 7 rings (SSSR count). The van der Waals surface area contributed by atoms with Crippen LogP contribution in [0.15, 0.2) is 18.5 Å². The molecule has 1 N–H and O–H groups in total. The second kappa shape index (κ2) is 6.85. The molecule has 0 spiro atoms. The van der Waals surface area contributed by atoms with E-state index < -0.39 is 0 Å². The van der Waals surface area contributed by atoms with Crippen molar-refractivity contribution in [3.63, 3.8) is 0 Å². The lowest BCUT2D eigenvalue weighted by atomic mass is 9.52. The molecule has 0 radical (unpaired) electrons. The van der Waals surface area contributed by atoms with Crippen molar-refractivity contribution in [1.29, 1.82) is 0 Å². The second-order valence-corrected chi connectivity index (χ2v) is 9.58. The molecule has 0 aromatic carbocycles. The van der Waals surface area contributed by atoms with Crippen LogP contribution in [0.25, 0.3) is 5.65 Å². The Balaban J connectivity index is 1.03. The number of piperazine rings is 1. The predicted molar refractivity (Wildman–Crippen MR) is 109 cm³/mol. The zero-order chi connectivity index (χ0) is 19.4. The SMILES string of the molecule is O=C(NCC1C2CC3CC(C2)CC1C3)N1CCN(c2ccc3nncn3n2)CC1. The molecule has 4 saturated carbocycles. The van der Waals surface area contributed by atoms with Crippen molar-refractivity contribution in [1.82, 2.24) is 30.0 Å². The summed E-state index contributed by atoms with van der Waals surface area (Å²) < 4.78 is 1.69. The summed E-state index contributed by atoms with van der Waals surface area (Å²) in [6.45, 7) is 3.93. The molecular formula is C21H29N7O. The van der Waals surface area contributed by atoms with Crippen molar-refractivity contribution in [2.75, 3.05) is 37.6 Å². The summed E-state index contributed by atoms with van der Waals surface area (Å²) in [4.78, 5) is 17.0. The molecule has 8 heteroatoms. The minimum absolute atomic E-state index is 0.112. The molecule has 154 valence electrons. The highest BCUT2D eigenvalue weighted by Crippen LogP contribution is 2.56. The molecule has 5 aliphatic rings. The van der Waals surface area contributed by atoms with Gasteiger partial charge in [0.2, 0.25) is 0 Å². The highest BCUT2D eigenvalue weighted by molar-refractivity contribution is 5.74. The van der Waals surface area contributed by atoms with Crippen LogP contribution in [0.2, 0.25) is 0 Å². The first-order valence-electron chi connectivity index (χ1n) is 11.2. The van der Waals surface area contributed by atoms with Crippen LogP contribution in [0.4, 0.5) is 10.6 Å². The first kappa shape index (κ1) is 17.5. The molecule has 4 bridgehead atoms. The molecule has 8 nitrogen and oxygen atoms in total. The number of carbonyl (C=O) groups is 1. The predicted octanol–water partition coefficient (Wildman–Crippen LogP) is 2.03. The highest BCUT2D eigenvalue weighted by atomic mass is 16.2. The van der Waals surface area contributed by atoms with Crippen LogP contribution >= 0.6 is 0 Å². The Morgan fingerprint density at radius 3 is 2.45 bits per heavy atom. The number of amides is 2. The van der Waals surface area contributed by atoms with E-state index in [0.29, 0.717) is 5.92 Å². The quantitative estimate of drug-likeness (QED) is 0.860. The number of urea groups is 1. The molecule has 2 aromatic rings. The van der Waals surface area contributed by atoms with E-state index >= 15 is 0 Å². The summed E-state index contributed by atoms with van der Waals surface area (Å²) >= 11 is 0. The van der Waals surface area contributed by atoms with Gasteiger partial charge in [0.25, 0.3) is 0 Å². The third-order valence-electron chi connectivity index (χ3n) is 7.95. The summed E-state index contributed by atoms with van der Waals surface area (Å²) in [5.41, 5.74) is 0.747. The second-order valence-electron chi connectivity index (χ2n) is 9.58. The van der Waals surface area contributed by atoms with E-state index in [9.17, 15) is 4.79 Å². The Morgan fingerprint density at radius 1 is 1.00 bits per heavy atom. The summed E-state index contributed by atoms with van der Waals surface area (Å²) in [6, 6.07) is 4.02. The third kappa shape index (κ3) is 3.13. The fourth-order valence-electron chi connectivity index (χ4n) is 6.71. The van der Waals surface area contributed by atoms with Crippen LogP contribution < -0.4 is 10.2 Å². The van der Waals surface area contributed by atoms with E-state index in [2.05, 4.69) is 25.5 Å². The molecule has 0 unspecified atom stereocenters. The number of hydrogen-bond donors (Lipinski definition) is 1. The van der Waals surface area contributed by atoms with Gasteiger partial charge in [0, 0.05) is 32.7 Å². The Hall–Kier alpha value is -2.38. The largest absolute Gasteiger partial charge is 0.352 e.